The highest BCUT2D eigenvalue weighted by atomic mass is 16.5. The molecule has 2 aliphatic rings. The molecule has 0 aromatic carbocycles. The van der Waals surface area contributed by atoms with E-state index in [1.807, 2.05) is 4.90 Å². The fourth-order valence-corrected chi connectivity index (χ4v) is 3.68. The van der Waals surface area contributed by atoms with E-state index in [1.165, 1.54) is 0 Å². The van der Waals surface area contributed by atoms with Crippen LogP contribution in [0.2, 0.25) is 0 Å². The summed E-state index contributed by atoms with van der Waals surface area (Å²) in [5.41, 5.74) is 0.335. The van der Waals surface area contributed by atoms with E-state index in [-0.39, 0.29) is 24.0 Å². The zero-order valence-electron chi connectivity index (χ0n) is 12.3. The van der Waals surface area contributed by atoms with Crippen LogP contribution in [0.5, 0.6) is 0 Å². The molecular weight excluding hydrogens is 272 g/mol. The molecule has 1 amide bonds. The number of methoxy groups -OCH3 is 1. The van der Waals surface area contributed by atoms with E-state index in [1.54, 1.807) is 13.2 Å². The molecule has 2 heterocycles. The third-order valence-corrected chi connectivity index (χ3v) is 4.65. The van der Waals surface area contributed by atoms with Gasteiger partial charge in [0.15, 0.2) is 11.5 Å². The van der Waals surface area contributed by atoms with E-state index < -0.39 is 0 Å². The number of carbonyl (C=O) groups excluding carboxylic acids is 1. The second-order valence-electron chi connectivity index (χ2n) is 5.98. The van der Waals surface area contributed by atoms with Gasteiger partial charge in [0.25, 0.3) is 5.91 Å². The van der Waals surface area contributed by atoms with Crippen molar-refractivity contribution in [2.75, 3.05) is 13.7 Å². The number of aliphatic hydroxyl groups is 1. The molecule has 1 saturated carbocycles. The molecule has 116 valence electrons. The van der Waals surface area contributed by atoms with E-state index in [0.29, 0.717) is 18.1 Å². The van der Waals surface area contributed by atoms with Crippen molar-refractivity contribution < 1.29 is 19.2 Å². The summed E-state index contributed by atoms with van der Waals surface area (Å²) in [5, 5.41) is 14.0. The Balaban J connectivity index is 1.73. The zero-order valence-corrected chi connectivity index (χ0v) is 12.3. The van der Waals surface area contributed by atoms with Crippen LogP contribution in [0.15, 0.2) is 10.6 Å². The number of carbonyl (C=O) groups is 1. The standard InChI is InChI=1S/C15H22N2O4/c1-20-9-10-8-12(16-21-10)15(19)17-7-3-5-13(17)11-4-2-6-14(11)18/h8,11,13-14,18H,2-7,9H2,1H3. The Morgan fingerprint density at radius 2 is 2.33 bits per heavy atom. The van der Waals surface area contributed by atoms with E-state index in [4.69, 9.17) is 9.26 Å². The summed E-state index contributed by atoms with van der Waals surface area (Å²) in [6.45, 7) is 1.05. The molecule has 2 fully saturated rings. The Morgan fingerprint density at radius 1 is 1.48 bits per heavy atom. The number of amides is 1. The SMILES string of the molecule is COCc1cc(C(=O)N2CCCC2C2CCCC2O)no1. The summed E-state index contributed by atoms with van der Waals surface area (Å²) < 4.78 is 10.1. The lowest BCUT2D eigenvalue weighted by Crippen LogP contribution is -2.42. The van der Waals surface area contributed by atoms with Crippen molar-refractivity contribution in [3.05, 3.63) is 17.5 Å². The molecular formula is C15H22N2O4. The molecule has 6 heteroatoms. The molecule has 1 aromatic rings. The predicted octanol–water partition coefficient (Wildman–Crippen LogP) is 1.59. The molecule has 0 bridgehead atoms. The summed E-state index contributed by atoms with van der Waals surface area (Å²) >= 11 is 0. The van der Waals surface area contributed by atoms with Crippen LogP contribution in [0.4, 0.5) is 0 Å². The van der Waals surface area contributed by atoms with Gasteiger partial charge in [0.2, 0.25) is 0 Å². The number of ether oxygens (including phenoxy) is 1. The Kier molecular flexibility index (Phi) is 4.26. The summed E-state index contributed by atoms with van der Waals surface area (Å²) in [6.07, 6.45) is 4.59. The molecule has 6 nitrogen and oxygen atoms in total. The largest absolute Gasteiger partial charge is 0.393 e. The first-order valence-electron chi connectivity index (χ1n) is 7.64. The third-order valence-electron chi connectivity index (χ3n) is 4.65. The lowest BCUT2D eigenvalue weighted by atomic mass is 9.94. The van der Waals surface area contributed by atoms with Gasteiger partial charge in [0, 0.05) is 31.7 Å². The van der Waals surface area contributed by atoms with E-state index in [0.717, 1.165) is 38.6 Å². The van der Waals surface area contributed by atoms with Gasteiger partial charge in [-0.25, -0.2) is 0 Å². The van der Waals surface area contributed by atoms with Crippen molar-refractivity contribution in [3.8, 4) is 0 Å². The highest BCUT2D eigenvalue weighted by Crippen LogP contribution is 2.36. The van der Waals surface area contributed by atoms with Crippen LogP contribution < -0.4 is 0 Å². The molecule has 1 aromatic heterocycles. The first kappa shape index (κ1) is 14.5. The molecule has 1 N–H and O–H groups in total. The number of aromatic nitrogens is 1. The van der Waals surface area contributed by atoms with Crippen molar-refractivity contribution >= 4 is 5.91 Å². The number of hydrogen-bond acceptors (Lipinski definition) is 5. The Hall–Kier alpha value is -1.40. The molecule has 3 atom stereocenters. The van der Waals surface area contributed by atoms with Gasteiger partial charge in [-0.2, -0.15) is 0 Å². The lowest BCUT2D eigenvalue weighted by molar-refractivity contribution is 0.0519. The maximum absolute atomic E-state index is 12.6. The predicted molar refractivity (Wildman–Crippen MR) is 74.6 cm³/mol. The van der Waals surface area contributed by atoms with Gasteiger partial charge in [-0.15, -0.1) is 0 Å². The van der Waals surface area contributed by atoms with Gasteiger partial charge in [0.1, 0.15) is 6.61 Å². The molecule has 1 saturated heterocycles. The molecule has 0 radical (unpaired) electrons. The van der Waals surface area contributed by atoms with Crippen LogP contribution in [0.1, 0.15) is 48.4 Å². The van der Waals surface area contributed by atoms with Crippen LogP contribution in [-0.2, 0) is 11.3 Å². The maximum Gasteiger partial charge on any atom is 0.276 e. The molecule has 1 aliphatic carbocycles. The second-order valence-corrected chi connectivity index (χ2v) is 5.98. The molecule has 21 heavy (non-hydrogen) atoms. The molecule has 3 unspecified atom stereocenters. The maximum atomic E-state index is 12.6. The van der Waals surface area contributed by atoms with Crippen LogP contribution in [0.25, 0.3) is 0 Å². The minimum absolute atomic E-state index is 0.0947. The van der Waals surface area contributed by atoms with Crippen LogP contribution >= 0.6 is 0 Å². The Morgan fingerprint density at radius 3 is 3.05 bits per heavy atom. The highest BCUT2D eigenvalue weighted by Gasteiger charge is 2.40. The lowest BCUT2D eigenvalue weighted by Gasteiger charge is -2.30. The Labute approximate surface area is 124 Å². The number of likely N-dealkylation sites (tertiary alicyclic amines) is 1. The monoisotopic (exact) mass is 294 g/mol. The van der Waals surface area contributed by atoms with Gasteiger partial charge < -0.3 is 19.3 Å². The summed E-state index contributed by atoms with van der Waals surface area (Å²) in [7, 11) is 1.57. The number of rotatable bonds is 4. The van der Waals surface area contributed by atoms with Crippen LogP contribution in [0.3, 0.4) is 0 Å². The number of nitrogens with zero attached hydrogens (tertiary/aromatic N) is 2. The van der Waals surface area contributed by atoms with Gasteiger partial charge in [-0.3, -0.25) is 4.79 Å². The van der Waals surface area contributed by atoms with Crippen molar-refractivity contribution in [1.29, 1.82) is 0 Å². The van der Waals surface area contributed by atoms with Gasteiger partial charge >= 0.3 is 0 Å². The van der Waals surface area contributed by atoms with E-state index in [2.05, 4.69) is 5.16 Å². The molecule has 3 rings (SSSR count). The first-order valence-corrected chi connectivity index (χ1v) is 7.64. The van der Waals surface area contributed by atoms with Crippen LogP contribution in [0, 0.1) is 5.92 Å². The smallest absolute Gasteiger partial charge is 0.276 e. The number of aliphatic hydroxyl groups excluding tert-OH is 1. The average Bonchev–Trinajstić information content (AvgIpc) is 3.17. The Bertz CT molecular complexity index is 502. The number of hydrogen-bond donors (Lipinski definition) is 1. The van der Waals surface area contributed by atoms with E-state index in [9.17, 15) is 9.90 Å². The summed E-state index contributed by atoms with van der Waals surface area (Å²) in [4.78, 5) is 14.5. The first-order chi connectivity index (χ1) is 10.2. The quantitative estimate of drug-likeness (QED) is 0.912. The van der Waals surface area contributed by atoms with Crippen molar-refractivity contribution in [2.45, 2.75) is 50.9 Å². The minimum Gasteiger partial charge on any atom is -0.393 e. The average molecular weight is 294 g/mol. The highest BCUT2D eigenvalue weighted by molar-refractivity contribution is 5.92. The van der Waals surface area contributed by atoms with Crippen molar-refractivity contribution in [1.82, 2.24) is 10.1 Å². The van der Waals surface area contributed by atoms with Gasteiger partial charge in [-0.1, -0.05) is 11.6 Å². The fourth-order valence-electron chi connectivity index (χ4n) is 3.68. The minimum atomic E-state index is -0.273. The van der Waals surface area contributed by atoms with E-state index >= 15 is 0 Å². The van der Waals surface area contributed by atoms with Crippen molar-refractivity contribution in [3.63, 3.8) is 0 Å². The third kappa shape index (κ3) is 2.82. The molecule has 0 spiro atoms. The topological polar surface area (TPSA) is 75.8 Å². The summed E-state index contributed by atoms with van der Waals surface area (Å²) in [6, 6.07) is 1.78. The summed E-state index contributed by atoms with van der Waals surface area (Å²) in [5.74, 6) is 0.669. The second kappa shape index (κ2) is 6.15. The van der Waals surface area contributed by atoms with Crippen LogP contribution in [-0.4, -0.2) is 46.9 Å². The normalized spacial score (nSPS) is 29.2. The van der Waals surface area contributed by atoms with Crippen molar-refractivity contribution in [2.24, 2.45) is 5.92 Å². The zero-order chi connectivity index (χ0) is 14.8. The van der Waals surface area contributed by atoms with Gasteiger partial charge in [-0.05, 0) is 25.7 Å². The fraction of sp³-hybridized carbons (Fsp3) is 0.733. The van der Waals surface area contributed by atoms with Gasteiger partial charge in [0.05, 0.1) is 6.10 Å². The molecule has 1 aliphatic heterocycles.